The highest BCUT2D eigenvalue weighted by atomic mass is 19.3. The van der Waals surface area contributed by atoms with Crippen molar-refractivity contribution in [1.29, 1.82) is 0 Å². The summed E-state index contributed by atoms with van der Waals surface area (Å²) in [6, 6.07) is 13.6. The van der Waals surface area contributed by atoms with E-state index in [4.69, 9.17) is 10.5 Å². The van der Waals surface area contributed by atoms with Crippen molar-refractivity contribution < 1.29 is 23.0 Å². The minimum atomic E-state index is -2.92. The van der Waals surface area contributed by atoms with E-state index in [1.54, 1.807) is 26.3 Å². The van der Waals surface area contributed by atoms with Crippen LogP contribution in [0.15, 0.2) is 53.5 Å². The summed E-state index contributed by atoms with van der Waals surface area (Å²) in [5.41, 5.74) is 6.88. The molecule has 0 bridgehead atoms. The first-order chi connectivity index (χ1) is 14.4. The number of nitrogens with zero attached hydrogens (tertiary/aromatic N) is 2. The maximum atomic E-state index is 13.3. The van der Waals surface area contributed by atoms with Crippen LogP contribution in [-0.4, -0.2) is 44.1 Å². The molecule has 1 heterocycles. The van der Waals surface area contributed by atoms with Gasteiger partial charge in [-0.15, -0.1) is 0 Å². The molecule has 1 atom stereocenters. The largest absolute Gasteiger partial charge is 0.435 e. The van der Waals surface area contributed by atoms with Gasteiger partial charge in [0.1, 0.15) is 5.75 Å². The van der Waals surface area contributed by atoms with Crippen LogP contribution in [0.4, 0.5) is 8.78 Å². The van der Waals surface area contributed by atoms with Gasteiger partial charge in [-0.3, -0.25) is 9.69 Å². The molecule has 0 saturated carbocycles. The van der Waals surface area contributed by atoms with Crippen molar-refractivity contribution >= 4 is 11.9 Å². The molecule has 1 aliphatic rings. The predicted molar refractivity (Wildman–Crippen MR) is 110 cm³/mol. The molecule has 2 aromatic rings. The summed E-state index contributed by atoms with van der Waals surface area (Å²) in [6.07, 6.45) is 2.71. The Bertz CT molecular complexity index is 918. The number of aryl methyl sites for hydroxylation is 1. The lowest BCUT2D eigenvalue weighted by atomic mass is 9.82. The first-order valence-electron chi connectivity index (χ1n) is 9.65. The lowest BCUT2D eigenvalue weighted by Gasteiger charge is -2.26. The Morgan fingerprint density at radius 3 is 2.47 bits per heavy atom. The van der Waals surface area contributed by atoms with Crippen molar-refractivity contribution in [2.75, 3.05) is 20.8 Å². The topological polar surface area (TPSA) is 77.2 Å². The fraction of sp³-hybridized carbons (Fsp3) is 0.364. The smallest absolute Gasteiger partial charge is 0.387 e. The van der Waals surface area contributed by atoms with Gasteiger partial charge in [0, 0.05) is 20.8 Å². The minimum absolute atomic E-state index is 0.00606. The lowest BCUT2D eigenvalue weighted by molar-refractivity contribution is -0.129. The quantitative estimate of drug-likeness (QED) is 0.635. The van der Waals surface area contributed by atoms with E-state index in [0.29, 0.717) is 17.7 Å². The van der Waals surface area contributed by atoms with Crippen molar-refractivity contribution in [3.63, 3.8) is 0 Å². The first kappa shape index (κ1) is 21.7. The Kier molecular flexibility index (Phi) is 6.66. The van der Waals surface area contributed by atoms with E-state index in [2.05, 4.69) is 9.73 Å². The fourth-order valence-corrected chi connectivity index (χ4v) is 3.59. The Hall–Kier alpha value is -3.00. The molecule has 8 heteroatoms. The molecule has 30 heavy (non-hydrogen) atoms. The van der Waals surface area contributed by atoms with E-state index >= 15 is 0 Å². The molecule has 2 aromatic carbocycles. The van der Waals surface area contributed by atoms with Crippen LogP contribution in [0.5, 0.6) is 5.75 Å². The predicted octanol–water partition coefficient (Wildman–Crippen LogP) is 3.29. The molecule has 1 aliphatic heterocycles. The number of halogens is 2. The molecule has 160 valence electrons. The highest BCUT2D eigenvalue weighted by Gasteiger charge is 2.49. The number of guanidine groups is 1. The van der Waals surface area contributed by atoms with Crippen LogP contribution in [0.1, 0.15) is 29.5 Å². The molecule has 0 radical (unpaired) electrons. The Morgan fingerprint density at radius 2 is 1.87 bits per heavy atom. The van der Waals surface area contributed by atoms with Gasteiger partial charge >= 0.3 is 6.61 Å². The Labute approximate surface area is 174 Å². The summed E-state index contributed by atoms with van der Waals surface area (Å²) in [6.45, 7) is -2.23. The number of rotatable bonds is 9. The second-order valence-electron chi connectivity index (χ2n) is 7.10. The summed E-state index contributed by atoms with van der Waals surface area (Å²) >= 11 is 0. The van der Waals surface area contributed by atoms with Crippen LogP contribution in [0.3, 0.4) is 0 Å². The zero-order chi connectivity index (χ0) is 21.7. The molecule has 1 amide bonds. The van der Waals surface area contributed by atoms with Crippen molar-refractivity contribution in [3.05, 3.63) is 65.2 Å². The molecule has 0 aromatic heterocycles. The van der Waals surface area contributed by atoms with Gasteiger partial charge in [-0.25, -0.2) is 4.99 Å². The summed E-state index contributed by atoms with van der Waals surface area (Å²) in [5.74, 6) is -0.205. The van der Waals surface area contributed by atoms with Gasteiger partial charge in [0.15, 0.2) is 11.5 Å². The molecule has 6 nitrogen and oxygen atoms in total. The Balaban J connectivity index is 2.00. The molecule has 2 N–H and O–H groups in total. The first-order valence-corrected chi connectivity index (χ1v) is 9.65. The zero-order valence-corrected chi connectivity index (χ0v) is 17.0. The van der Waals surface area contributed by atoms with Crippen molar-refractivity contribution in [2.24, 2.45) is 10.7 Å². The lowest BCUT2D eigenvalue weighted by Crippen LogP contribution is -2.41. The SMILES string of the molecule is COCCCCc1cccc(C2(c3ccc(OC(F)F)cc3)N=C(N)N(C)C2=O)c1. The molecule has 0 aliphatic carbocycles. The molecule has 3 rings (SSSR count). The van der Waals surface area contributed by atoms with Crippen LogP contribution in [0, 0.1) is 0 Å². The number of amides is 1. The molecule has 0 saturated heterocycles. The van der Waals surface area contributed by atoms with Crippen LogP contribution >= 0.6 is 0 Å². The van der Waals surface area contributed by atoms with E-state index in [-0.39, 0.29) is 17.6 Å². The number of carbonyl (C=O) groups excluding carboxylic acids is 1. The second kappa shape index (κ2) is 9.21. The number of ether oxygens (including phenoxy) is 2. The van der Waals surface area contributed by atoms with E-state index in [1.807, 2.05) is 24.3 Å². The summed E-state index contributed by atoms with van der Waals surface area (Å²) in [4.78, 5) is 19.1. The zero-order valence-electron chi connectivity index (χ0n) is 17.0. The monoisotopic (exact) mass is 417 g/mol. The highest BCUT2D eigenvalue weighted by Crippen LogP contribution is 2.40. The van der Waals surface area contributed by atoms with Crippen molar-refractivity contribution in [1.82, 2.24) is 4.90 Å². The molecular formula is C22H25F2N3O3. The molecule has 0 fully saturated rings. The van der Waals surface area contributed by atoms with Crippen LogP contribution in [0.25, 0.3) is 0 Å². The number of benzene rings is 2. The van der Waals surface area contributed by atoms with Crippen LogP contribution in [-0.2, 0) is 21.5 Å². The van der Waals surface area contributed by atoms with Crippen molar-refractivity contribution in [2.45, 2.75) is 31.4 Å². The number of unbranched alkanes of at least 4 members (excludes halogenated alkanes) is 1. The normalized spacial score (nSPS) is 18.8. The maximum Gasteiger partial charge on any atom is 0.387 e. The maximum absolute atomic E-state index is 13.3. The average molecular weight is 417 g/mol. The van der Waals surface area contributed by atoms with Crippen LogP contribution in [0.2, 0.25) is 0 Å². The van der Waals surface area contributed by atoms with Gasteiger partial charge in [0.2, 0.25) is 0 Å². The average Bonchev–Trinajstić information content (AvgIpc) is 2.96. The number of hydrogen-bond donors (Lipinski definition) is 1. The number of hydrogen-bond acceptors (Lipinski definition) is 5. The fourth-order valence-electron chi connectivity index (χ4n) is 3.59. The van der Waals surface area contributed by atoms with Gasteiger partial charge in [0.25, 0.3) is 5.91 Å². The number of aliphatic imine (C=N–C) groups is 1. The minimum Gasteiger partial charge on any atom is -0.435 e. The van der Waals surface area contributed by atoms with Gasteiger partial charge in [-0.1, -0.05) is 36.4 Å². The van der Waals surface area contributed by atoms with Gasteiger partial charge in [0.05, 0.1) is 0 Å². The van der Waals surface area contributed by atoms with Gasteiger partial charge < -0.3 is 15.2 Å². The summed E-state index contributed by atoms with van der Waals surface area (Å²) in [7, 11) is 3.23. The number of alkyl halides is 2. The summed E-state index contributed by atoms with van der Waals surface area (Å²) < 4.78 is 34.5. The standard InChI is InChI=1S/C22H25F2N3O3/c1-27-19(28)22(26-21(27)25,16-9-11-18(12-10-16)30-20(23)24)17-8-5-7-15(14-17)6-3-4-13-29-2/h5,7-12,14,20H,3-4,6,13H2,1-2H3,(H2,25,26). The van der Waals surface area contributed by atoms with Gasteiger partial charge in [-0.2, -0.15) is 8.78 Å². The molecular weight excluding hydrogens is 392 g/mol. The van der Waals surface area contributed by atoms with Gasteiger partial charge in [-0.05, 0) is 48.1 Å². The number of carbonyl (C=O) groups is 1. The Morgan fingerprint density at radius 1 is 1.13 bits per heavy atom. The third-order valence-electron chi connectivity index (χ3n) is 5.15. The third kappa shape index (κ3) is 4.28. The van der Waals surface area contributed by atoms with E-state index in [9.17, 15) is 13.6 Å². The number of methoxy groups -OCH3 is 1. The number of likely N-dealkylation sites (N-methyl/N-ethyl adjacent to an activating group) is 1. The van der Waals surface area contributed by atoms with Crippen LogP contribution < -0.4 is 10.5 Å². The summed E-state index contributed by atoms with van der Waals surface area (Å²) in [5, 5.41) is 0. The molecule has 0 spiro atoms. The second-order valence-corrected chi connectivity index (χ2v) is 7.10. The third-order valence-corrected chi connectivity index (χ3v) is 5.15. The van der Waals surface area contributed by atoms with E-state index < -0.39 is 12.2 Å². The highest BCUT2D eigenvalue weighted by molar-refractivity contribution is 6.08. The number of nitrogens with two attached hydrogens (primary N) is 1. The molecule has 1 unspecified atom stereocenters. The van der Waals surface area contributed by atoms with E-state index in [1.165, 1.54) is 17.0 Å². The van der Waals surface area contributed by atoms with Crippen molar-refractivity contribution in [3.8, 4) is 5.75 Å². The van der Waals surface area contributed by atoms with E-state index in [0.717, 1.165) is 24.8 Å².